The van der Waals surface area contributed by atoms with Gasteiger partial charge in [0, 0.05) is 12.7 Å². The van der Waals surface area contributed by atoms with E-state index < -0.39 is 0 Å². The second-order valence-electron chi connectivity index (χ2n) is 3.26. The van der Waals surface area contributed by atoms with E-state index in [1.807, 2.05) is 33.3 Å². The molecule has 3 heteroatoms. The van der Waals surface area contributed by atoms with Crippen molar-refractivity contribution >= 4 is 5.69 Å². The first-order chi connectivity index (χ1) is 5.59. The maximum Gasteiger partial charge on any atom is 0.0601 e. The summed E-state index contributed by atoms with van der Waals surface area (Å²) in [7, 11) is 4.05. The Morgan fingerprint density at radius 1 is 1.50 bits per heavy atom. The van der Waals surface area contributed by atoms with Gasteiger partial charge in [-0.1, -0.05) is 0 Å². The van der Waals surface area contributed by atoms with Crippen LogP contribution >= 0.6 is 0 Å². The van der Waals surface area contributed by atoms with Gasteiger partial charge in [0.05, 0.1) is 11.4 Å². The van der Waals surface area contributed by atoms with Gasteiger partial charge in [-0.2, -0.15) is 0 Å². The Bertz CT molecular complexity index is 268. The molecular formula is C9H15N3. The molecule has 0 aliphatic rings. The molecule has 0 unspecified atom stereocenters. The zero-order valence-corrected chi connectivity index (χ0v) is 7.83. The van der Waals surface area contributed by atoms with Crippen LogP contribution in [0.1, 0.15) is 11.3 Å². The van der Waals surface area contributed by atoms with Crippen LogP contribution in [-0.4, -0.2) is 24.0 Å². The summed E-state index contributed by atoms with van der Waals surface area (Å²) in [4.78, 5) is 6.27. The predicted molar refractivity (Wildman–Crippen MR) is 50.8 cm³/mol. The molecule has 0 aliphatic carbocycles. The van der Waals surface area contributed by atoms with Crippen LogP contribution in [0.5, 0.6) is 0 Å². The number of nitrogens with zero attached hydrogens (tertiary/aromatic N) is 2. The van der Waals surface area contributed by atoms with Crippen molar-refractivity contribution in [3.63, 3.8) is 0 Å². The van der Waals surface area contributed by atoms with Gasteiger partial charge >= 0.3 is 0 Å². The van der Waals surface area contributed by atoms with Crippen LogP contribution in [0.2, 0.25) is 0 Å². The molecule has 1 aromatic rings. The van der Waals surface area contributed by atoms with Gasteiger partial charge in [0.25, 0.3) is 0 Å². The van der Waals surface area contributed by atoms with Gasteiger partial charge in [-0.3, -0.25) is 4.98 Å². The second-order valence-corrected chi connectivity index (χ2v) is 3.26. The lowest BCUT2D eigenvalue weighted by atomic mass is 10.2. The fourth-order valence-electron chi connectivity index (χ4n) is 1.05. The average Bonchev–Trinajstić information content (AvgIpc) is 1.96. The van der Waals surface area contributed by atoms with Crippen molar-refractivity contribution in [1.82, 2.24) is 9.88 Å². The normalized spacial score (nSPS) is 10.7. The summed E-state index contributed by atoms with van der Waals surface area (Å²) in [5.74, 6) is 0. The highest BCUT2D eigenvalue weighted by atomic mass is 15.0. The van der Waals surface area contributed by atoms with Crippen molar-refractivity contribution in [1.29, 1.82) is 0 Å². The largest absolute Gasteiger partial charge is 0.397 e. The topological polar surface area (TPSA) is 42.2 Å². The highest BCUT2D eigenvalue weighted by Gasteiger charge is 1.98. The van der Waals surface area contributed by atoms with E-state index >= 15 is 0 Å². The fraction of sp³-hybridized carbons (Fsp3) is 0.444. The smallest absolute Gasteiger partial charge is 0.0601 e. The molecule has 0 atom stereocenters. The van der Waals surface area contributed by atoms with Crippen molar-refractivity contribution in [2.24, 2.45) is 0 Å². The first-order valence-corrected chi connectivity index (χ1v) is 3.95. The third kappa shape index (κ3) is 2.20. The lowest BCUT2D eigenvalue weighted by Crippen LogP contribution is -2.11. The van der Waals surface area contributed by atoms with Crippen LogP contribution < -0.4 is 5.73 Å². The van der Waals surface area contributed by atoms with E-state index in [0.29, 0.717) is 0 Å². The monoisotopic (exact) mass is 165 g/mol. The number of hydrogen-bond donors (Lipinski definition) is 1. The Kier molecular flexibility index (Phi) is 2.65. The number of pyridine rings is 1. The van der Waals surface area contributed by atoms with Gasteiger partial charge in [-0.25, -0.2) is 0 Å². The lowest BCUT2D eigenvalue weighted by Gasteiger charge is -2.09. The molecule has 0 radical (unpaired) electrons. The van der Waals surface area contributed by atoms with Gasteiger partial charge in [0.1, 0.15) is 0 Å². The molecule has 3 nitrogen and oxygen atoms in total. The van der Waals surface area contributed by atoms with E-state index in [1.165, 1.54) is 0 Å². The Hall–Kier alpha value is -1.09. The summed E-state index contributed by atoms with van der Waals surface area (Å²) in [5.41, 5.74) is 8.54. The number of nitrogens with two attached hydrogens (primary N) is 1. The van der Waals surface area contributed by atoms with E-state index in [4.69, 9.17) is 5.73 Å². The van der Waals surface area contributed by atoms with Crippen molar-refractivity contribution in [2.75, 3.05) is 19.8 Å². The van der Waals surface area contributed by atoms with Crippen LogP contribution in [0.3, 0.4) is 0 Å². The summed E-state index contributed by atoms with van der Waals surface area (Å²) < 4.78 is 0. The first kappa shape index (κ1) is 9.00. The lowest BCUT2D eigenvalue weighted by molar-refractivity contribution is 0.402. The molecule has 0 saturated carbocycles. The molecule has 12 heavy (non-hydrogen) atoms. The van der Waals surface area contributed by atoms with E-state index in [0.717, 1.165) is 23.5 Å². The maximum atomic E-state index is 5.72. The van der Waals surface area contributed by atoms with Gasteiger partial charge in [-0.05, 0) is 32.6 Å². The summed E-state index contributed by atoms with van der Waals surface area (Å²) in [6, 6.07) is 1.97. The third-order valence-corrected chi connectivity index (χ3v) is 1.68. The number of anilines is 1. The first-order valence-electron chi connectivity index (χ1n) is 3.95. The van der Waals surface area contributed by atoms with Crippen LogP contribution in [0.4, 0.5) is 5.69 Å². The second kappa shape index (κ2) is 3.54. The Balaban J connectivity index is 2.82. The maximum absolute atomic E-state index is 5.72. The zero-order chi connectivity index (χ0) is 9.14. The molecular weight excluding hydrogens is 150 g/mol. The quantitative estimate of drug-likeness (QED) is 0.711. The van der Waals surface area contributed by atoms with Crippen molar-refractivity contribution in [2.45, 2.75) is 13.5 Å². The standard InChI is InChI=1S/C9H15N3/c1-7-9(10)4-8(5-11-7)6-12(2)3/h4-5H,6,10H2,1-3H3. The number of aromatic nitrogens is 1. The van der Waals surface area contributed by atoms with Gasteiger partial charge in [0.2, 0.25) is 0 Å². The molecule has 66 valence electrons. The molecule has 0 spiro atoms. The number of rotatable bonds is 2. The number of hydrogen-bond acceptors (Lipinski definition) is 3. The molecule has 0 bridgehead atoms. The third-order valence-electron chi connectivity index (χ3n) is 1.68. The van der Waals surface area contributed by atoms with Gasteiger partial charge in [0.15, 0.2) is 0 Å². The Morgan fingerprint density at radius 2 is 2.17 bits per heavy atom. The minimum Gasteiger partial charge on any atom is -0.397 e. The minimum absolute atomic E-state index is 0.773. The SMILES string of the molecule is Cc1ncc(CN(C)C)cc1N. The molecule has 1 rings (SSSR count). The van der Waals surface area contributed by atoms with E-state index in [1.54, 1.807) is 0 Å². The number of aryl methyl sites for hydroxylation is 1. The van der Waals surface area contributed by atoms with Crippen molar-refractivity contribution in [3.8, 4) is 0 Å². The highest BCUT2D eigenvalue weighted by Crippen LogP contribution is 2.10. The van der Waals surface area contributed by atoms with Gasteiger partial charge in [-0.15, -0.1) is 0 Å². The Morgan fingerprint density at radius 3 is 2.67 bits per heavy atom. The summed E-state index contributed by atoms with van der Waals surface area (Å²) in [6.45, 7) is 2.80. The van der Waals surface area contributed by atoms with Crippen LogP contribution in [0.25, 0.3) is 0 Å². The highest BCUT2D eigenvalue weighted by molar-refractivity contribution is 5.43. The molecule has 1 heterocycles. The molecule has 0 aliphatic heterocycles. The summed E-state index contributed by atoms with van der Waals surface area (Å²) in [6.07, 6.45) is 1.87. The molecule has 0 aromatic carbocycles. The van der Waals surface area contributed by atoms with Crippen LogP contribution in [-0.2, 0) is 6.54 Å². The van der Waals surface area contributed by atoms with E-state index in [2.05, 4.69) is 9.88 Å². The minimum atomic E-state index is 0.773. The predicted octanol–water partition coefficient (Wildman–Crippen LogP) is 1.03. The van der Waals surface area contributed by atoms with E-state index in [-0.39, 0.29) is 0 Å². The summed E-state index contributed by atoms with van der Waals surface area (Å²) in [5, 5.41) is 0. The fourth-order valence-corrected chi connectivity index (χ4v) is 1.05. The molecule has 0 fully saturated rings. The number of nitrogen functional groups attached to an aromatic ring is 1. The van der Waals surface area contributed by atoms with Crippen LogP contribution in [0.15, 0.2) is 12.3 Å². The van der Waals surface area contributed by atoms with Crippen molar-refractivity contribution in [3.05, 3.63) is 23.5 Å². The van der Waals surface area contributed by atoms with Crippen molar-refractivity contribution < 1.29 is 0 Å². The van der Waals surface area contributed by atoms with Crippen LogP contribution in [0, 0.1) is 6.92 Å². The molecule has 0 amide bonds. The molecule has 1 aromatic heterocycles. The molecule has 2 N–H and O–H groups in total. The average molecular weight is 165 g/mol. The summed E-state index contributed by atoms with van der Waals surface area (Å²) >= 11 is 0. The van der Waals surface area contributed by atoms with Gasteiger partial charge < -0.3 is 10.6 Å². The zero-order valence-electron chi connectivity index (χ0n) is 7.83. The van der Waals surface area contributed by atoms with E-state index in [9.17, 15) is 0 Å². The Labute approximate surface area is 73.2 Å². The molecule has 0 saturated heterocycles.